The van der Waals surface area contributed by atoms with Crippen LogP contribution in [0.25, 0.3) is 33.3 Å². The fourth-order valence-electron chi connectivity index (χ4n) is 3.95. The van der Waals surface area contributed by atoms with E-state index in [4.69, 9.17) is 5.10 Å². The van der Waals surface area contributed by atoms with E-state index < -0.39 is 0 Å². The average Bonchev–Trinajstić information content (AvgIpc) is 3.31. The van der Waals surface area contributed by atoms with Gasteiger partial charge in [0.2, 0.25) is 0 Å². The van der Waals surface area contributed by atoms with Crippen molar-refractivity contribution in [3.05, 3.63) is 59.7 Å². The van der Waals surface area contributed by atoms with Crippen LogP contribution in [0, 0.1) is 12.7 Å². The molecule has 0 unspecified atom stereocenters. The molecule has 0 saturated carbocycles. The molecule has 4 aromatic rings. The molecule has 130 valence electrons. The number of hydrogen-bond donors (Lipinski definition) is 0. The number of fused-ring (bicyclic) bond motifs is 2. The highest BCUT2D eigenvalue weighted by atomic mass is 19.1. The number of aryl methyl sites for hydroxylation is 3. The highest BCUT2D eigenvalue weighted by Gasteiger charge is 2.24. The Hall–Kier alpha value is -2.95. The Morgan fingerprint density at radius 1 is 1.08 bits per heavy atom. The van der Waals surface area contributed by atoms with Gasteiger partial charge in [-0.3, -0.25) is 9.36 Å². The number of rotatable bonds is 2. The Balaban J connectivity index is 1.75. The Kier molecular flexibility index (Phi) is 3.26. The average molecular weight is 346 g/mol. The van der Waals surface area contributed by atoms with E-state index in [9.17, 15) is 4.39 Å². The van der Waals surface area contributed by atoms with Crippen molar-refractivity contribution in [2.75, 3.05) is 0 Å². The molecule has 26 heavy (non-hydrogen) atoms. The zero-order valence-corrected chi connectivity index (χ0v) is 14.8. The zero-order valence-electron chi connectivity index (χ0n) is 14.8. The minimum atomic E-state index is -0.182. The summed E-state index contributed by atoms with van der Waals surface area (Å²) in [4.78, 5) is 0. The summed E-state index contributed by atoms with van der Waals surface area (Å²) in [6.07, 6.45) is 4.03. The molecule has 5 rings (SSSR count). The normalized spacial score (nSPS) is 13.5. The summed E-state index contributed by atoms with van der Waals surface area (Å²) < 4.78 is 17.7. The Bertz CT molecular complexity index is 1150. The van der Waals surface area contributed by atoms with Gasteiger partial charge in [-0.25, -0.2) is 4.39 Å². The lowest BCUT2D eigenvalue weighted by Gasteiger charge is -2.07. The van der Waals surface area contributed by atoms with Gasteiger partial charge in [0.1, 0.15) is 11.5 Å². The van der Waals surface area contributed by atoms with Crippen LogP contribution in [0.1, 0.15) is 17.7 Å². The third kappa shape index (κ3) is 2.20. The molecule has 0 radical (unpaired) electrons. The molecule has 5 heteroatoms. The number of benzene rings is 2. The molecule has 0 fully saturated rings. The largest absolute Gasteiger partial charge is 0.268 e. The van der Waals surface area contributed by atoms with Gasteiger partial charge < -0.3 is 0 Å². The van der Waals surface area contributed by atoms with Crippen molar-refractivity contribution in [1.29, 1.82) is 0 Å². The van der Waals surface area contributed by atoms with Crippen LogP contribution in [0.5, 0.6) is 0 Å². The zero-order chi connectivity index (χ0) is 17.8. The van der Waals surface area contributed by atoms with Crippen molar-refractivity contribution in [2.24, 2.45) is 7.05 Å². The number of aromatic nitrogens is 4. The summed E-state index contributed by atoms with van der Waals surface area (Å²) in [5.74, 6) is -0.182. The maximum atomic E-state index is 13.7. The van der Waals surface area contributed by atoms with Crippen LogP contribution in [-0.4, -0.2) is 19.6 Å². The van der Waals surface area contributed by atoms with Crippen LogP contribution in [0.4, 0.5) is 4.39 Å². The van der Waals surface area contributed by atoms with Crippen LogP contribution >= 0.6 is 0 Å². The highest BCUT2D eigenvalue weighted by Crippen LogP contribution is 2.38. The summed E-state index contributed by atoms with van der Waals surface area (Å²) in [6, 6.07) is 11.7. The van der Waals surface area contributed by atoms with Gasteiger partial charge >= 0.3 is 0 Å². The standard InChI is InChI=1S/C21H19FN4/c1-13-10-15(5-7-17(13)22)21-20(19-4-3-9-26(19)24-21)14-6-8-18-16(11-14)12-23-25(18)2/h5-8,10-12H,3-4,9H2,1-2H3. The van der Waals surface area contributed by atoms with E-state index in [0.717, 1.165) is 47.1 Å². The summed E-state index contributed by atoms with van der Waals surface area (Å²) in [5.41, 5.74) is 7.23. The van der Waals surface area contributed by atoms with Gasteiger partial charge in [0, 0.05) is 35.8 Å². The van der Waals surface area contributed by atoms with Gasteiger partial charge in [0.05, 0.1) is 11.7 Å². The predicted octanol–water partition coefficient (Wildman–Crippen LogP) is 4.50. The van der Waals surface area contributed by atoms with Crippen molar-refractivity contribution in [1.82, 2.24) is 19.6 Å². The van der Waals surface area contributed by atoms with Crippen molar-refractivity contribution >= 4 is 10.9 Å². The smallest absolute Gasteiger partial charge is 0.126 e. The number of hydrogen-bond acceptors (Lipinski definition) is 2. The molecule has 0 aliphatic carbocycles. The van der Waals surface area contributed by atoms with E-state index in [1.165, 1.54) is 17.3 Å². The molecule has 0 spiro atoms. The van der Waals surface area contributed by atoms with E-state index in [0.29, 0.717) is 5.56 Å². The van der Waals surface area contributed by atoms with E-state index >= 15 is 0 Å². The Labute approximate surface area is 150 Å². The first-order valence-electron chi connectivity index (χ1n) is 8.90. The first-order valence-corrected chi connectivity index (χ1v) is 8.90. The maximum absolute atomic E-state index is 13.7. The first-order chi connectivity index (χ1) is 12.6. The minimum absolute atomic E-state index is 0.182. The van der Waals surface area contributed by atoms with Gasteiger partial charge in [-0.1, -0.05) is 6.07 Å². The summed E-state index contributed by atoms with van der Waals surface area (Å²) in [6.45, 7) is 2.74. The van der Waals surface area contributed by atoms with Crippen LogP contribution in [0.2, 0.25) is 0 Å². The van der Waals surface area contributed by atoms with Crippen LogP contribution < -0.4 is 0 Å². The third-order valence-electron chi connectivity index (χ3n) is 5.31. The SMILES string of the molecule is Cc1cc(-c2nn3c(c2-c2ccc4c(cnn4C)c2)CCC3)ccc1F. The second-order valence-electron chi connectivity index (χ2n) is 7.00. The lowest BCUT2D eigenvalue weighted by Crippen LogP contribution is -1.94. The molecular weight excluding hydrogens is 327 g/mol. The molecule has 2 aromatic heterocycles. The highest BCUT2D eigenvalue weighted by molar-refractivity contribution is 5.90. The van der Waals surface area contributed by atoms with Crippen molar-refractivity contribution in [2.45, 2.75) is 26.3 Å². The molecule has 4 nitrogen and oxygen atoms in total. The third-order valence-corrected chi connectivity index (χ3v) is 5.31. The van der Waals surface area contributed by atoms with Crippen molar-refractivity contribution in [3.8, 4) is 22.4 Å². The summed E-state index contributed by atoms with van der Waals surface area (Å²) in [5, 5.41) is 10.3. The topological polar surface area (TPSA) is 35.6 Å². The fourth-order valence-corrected chi connectivity index (χ4v) is 3.95. The van der Waals surface area contributed by atoms with Gasteiger partial charge in [-0.15, -0.1) is 0 Å². The monoisotopic (exact) mass is 346 g/mol. The molecule has 1 aliphatic heterocycles. The van der Waals surface area contributed by atoms with Gasteiger partial charge in [0.15, 0.2) is 0 Å². The van der Waals surface area contributed by atoms with Crippen LogP contribution in [0.3, 0.4) is 0 Å². The van der Waals surface area contributed by atoms with E-state index in [1.807, 2.05) is 30.1 Å². The molecule has 3 heterocycles. The first kappa shape index (κ1) is 15.3. The van der Waals surface area contributed by atoms with E-state index in [1.54, 1.807) is 6.92 Å². The van der Waals surface area contributed by atoms with E-state index in [2.05, 4.69) is 28.0 Å². The summed E-state index contributed by atoms with van der Waals surface area (Å²) >= 11 is 0. The number of nitrogens with zero attached hydrogens (tertiary/aromatic N) is 4. The molecule has 2 aromatic carbocycles. The molecule has 0 N–H and O–H groups in total. The Morgan fingerprint density at radius 3 is 2.77 bits per heavy atom. The molecule has 0 saturated heterocycles. The lowest BCUT2D eigenvalue weighted by molar-refractivity contribution is 0.618. The lowest BCUT2D eigenvalue weighted by atomic mass is 9.96. The molecule has 1 aliphatic rings. The maximum Gasteiger partial charge on any atom is 0.126 e. The fraction of sp³-hybridized carbons (Fsp3) is 0.238. The predicted molar refractivity (Wildman–Crippen MR) is 100 cm³/mol. The minimum Gasteiger partial charge on any atom is -0.268 e. The quantitative estimate of drug-likeness (QED) is 0.536. The second-order valence-corrected chi connectivity index (χ2v) is 7.00. The van der Waals surface area contributed by atoms with E-state index in [-0.39, 0.29) is 5.82 Å². The number of halogens is 1. The molecule has 0 amide bonds. The van der Waals surface area contributed by atoms with Crippen molar-refractivity contribution < 1.29 is 4.39 Å². The van der Waals surface area contributed by atoms with Crippen LogP contribution in [-0.2, 0) is 20.0 Å². The van der Waals surface area contributed by atoms with Crippen LogP contribution in [0.15, 0.2) is 42.6 Å². The van der Waals surface area contributed by atoms with Gasteiger partial charge in [-0.05, 0) is 61.2 Å². The second kappa shape index (κ2) is 5.53. The molecular formula is C21H19FN4. The van der Waals surface area contributed by atoms with Gasteiger partial charge in [-0.2, -0.15) is 10.2 Å². The van der Waals surface area contributed by atoms with Gasteiger partial charge in [0.25, 0.3) is 0 Å². The Morgan fingerprint density at radius 2 is 1.92 bits per heavy atom. The summed E-state index contributed by atoms with van der Waals surface area (Å²) in [7, 11) is 1.95. The van der Waals surface area contributed by atoms with Crippen molar-refractivity contribution in [3.63, 3.8) is 0 Å². The molecule has 0 atom stereocenters. The molecule has 0 bridgehead atoms.